The lowest BCUT2D eigenvalue weighted by molar-refractivity contribution is -0.121. The average molecular weight is 478 g/mol. The highest BCUT2D eigenvalue weighted by Gasteiger charge is 2.25. The Bertz CT molecular complexity index is 1350. The smallest absolute Gasteiger partial charge is 0.277 e. The van der Waals surface area contributed by atoms with Gasteiger partial charge in [0.25, 0.3) is 5.56 Å². The van der Waals surface area contributed by atoms with E-state index in [1.807, 2.05) is 6.92 Å². The molecule has 1 aromatic carbocycles. The predicted octanol–water partition coefficient (Wildman–Crippen LogP) is 0.926. The molecule has 0 aliphatic carbocycles. The third-order valence-corrected chi connectivity index (χ3v) is 6.81. The van der Waals surface area contributed by atoms with E-state index >= 15 is 0 Å². The second-order valence-electron chi connectivity index (χ2n) is 7.48. The summed E-state index contributed by atoms with van der Waals surface area (Å²) < 4.78 is 34.0. The summed E-state index contributed by atoms with van der Waals surface area (Å²) >= 11 is 0. The van der Waals surface area contributed by atoms with E-state index in [1.54, 1.807) is 13.8 Å². The summed E-state index contributed by atoms with van der Waals surface area (Å²) in [5.74, 6) is 0.447. The topological polar surface area (TPSA) is 147 Å². The van der Waals surface area contributed by atoms with Gasteiger partial charge in [-0.3, -0.25) is 9.59 Å². The van der Waals surface area contributed by atoms with Crippen LogP contribution < -0.4 is 10.3 Å². The van der Waals surface area contributed by atoms with Crippen LogP contribution in [0.2, 0.25) is 0 Å². The van der Waals surface area contributed by atoms with Crippen LogP contribution in [0.1, 0.15) is 31.8 Å². The summed E-state index contributed by atoms with van der Waals surface area (Å²) in [4.78, 5) is 31.4. The molecule has 0 amide bonds. The van der Waals surface area contributed by atoms with Crippen LogP contribution in [-0.2, 0) is 21.2 Å². The van der Waals surface area contributed by atoms with Crippen LogP contribution in [-0.4, -0.2) is 70.0 Å². The molecule has 2 heterocycles. The van der Waals surface area contributed by atoms with Gasteiger partial charge in [-0.15, -0.1) is 5.10 Å². The summed E-state index contributed by atoms with van der Waals surface area (Å²) in [6.07, 6.45) is 1.42. The number of aliphatic hydroxyl groups excluding tert-OH is 1. The first kappa shape index (κ1) is 24.6. The van der Waals surface area contributed by atoms with E-state index in [2.05, 4.69) is 15.1 Å². The number of aromatic nitrogens is 4. The summed E-state index contributed by atoms with van der Waals surface area (Å²) in [6.45, 7) is 4.57. The maximum atomic E-state index is 13.0. The van der Waals surface area contributed by atoms with Crippen molar-refractivity contribution >= 4 is 21.3 Å². The molecule has 0 aliphatic rings. The lowest BCUT2D eigenvalue weighted by Crippen LogP contribution is -2.33. The number of rotatable bonds is 10. The van der Waals surface area contributed by atoms with Gasteiger partial charge < -0.3 is 14.8 Å². The number of ether oxygens (including phenoxy) is 1. The van der Waals surface area contributed by atoms with Crippen LogP contribution in [0.4, 0.5) is 0 Å². The number of hydrogen-bond acceptors (Lipinski definition) is 8. The molecule has 0 saturated heterocycles. The molecule has 3 rings (SSSR count). The number of H-pyrrole nitrogens is 1. The number of imidazole rings is 1. The van der Waals surface area contributed by atoms with E-state index in [0.717, 1.165) is 10.7 Å². The minimum absolute atomic E-state index is 0.118. The molecule has 0 saturated carbocycles. The van der Waals surface area contributed by atoms with Gasteiger partial charge in [0.05, 0.1) is 29.3 Å². The zero-order valence-corrected chi connectivity index (χ0v) is 19.8. The number of Topliss-reactive ketones (excluding diaryl/α,β-unsaturated/α-hetero) is 1. The van der Waals surface area contributed by atoms with Gasteiger partial charge in [0, 0.05) is 13.5 Å². The summed E-state index contributed by atoms with van der Waals surface area (Å²) in [7, 11) is -2.82. The number of carbonyl (C=O) groups is 1. The number of carbonyl (C=O) groups excluding carboxylic acids is 1. The molecule has 11 nitrogen and oxygen atoms in total. The zero-order chi connectivity index (χ0) is 24.3. The standard InChI is InChI=1S/C21H27N5O6S/c1-5-7-18-22-13(3)19-21(29)23-20(24-26(18)19)16-10-15(8-9-17(16)32-6-2)33(30,31)25(4)11-14(28)12-27/h8-10,27H,5-7,11-12H2,1-4H3,(H,23,24,29). The molecule has 0 radical (unpaired) electrons. The molecule has 0 fully saturated rings. The van der Waals surface area contributed by atoms with Crippen molar-refractivity contribution < 1.29 is 23.1 Å². The molecule has 12 heteroatoms. The number of benzene rings is 1. The Morgan fingerprint density at radius 3 is 2.67 bits per heavy atom. The van der Waals surface area contributed by atoms with E-state index < -0.39 is 34.5 Å². The van der Waals surface area contributed by atoms with Gasteiger partial charge in [-0.25, -0.2) is 17.9 Å². The fraction of sp³-hybridized carbons (Fsp3) is 0.429. The molecule has 33 heavy (non-hydrogen) atoms. The molecule has 178 valence electrons. The first-order valence-electron chi connectivity index (χ1n) is 10.5. The molecule has 2 aromatic heterocycles. The van der Waals surface area contributed by atoms with Crippen LogP contribution in [0.3, 0.4) is 0 Å². The lowest BCUT2D eigenvalue weighted by atomic mass is 10.2. The van der Waals surface area contributed by atoms with Crippen LogP contribution in [0.15, 0.2) is 27.9 Å². The fourth-order valence-electron chi connectivity index (χ4n) is 3.44. The monoisotopic (exact) mass is 477 g/mol. The highest BCUT2D eigenvalue weighted by Crippen LogP contribution is 2.31. The molecule has 0 bridgehead atoms. The van der Waals surface area contributed by atoms with Gasteiger partial charge >= 0.3 is 0 Å². The lowest BCUT2D eigenvalue weighted by Gasteiger charge is -2.18. The Kier molecular flexibility index (Phi) is 7.30. The quantitative estimate of drug-likeness (QED) is 0.438. The van der Waals surface area contributed by atoms with Gasteiger partial charge in [-0.1, -0.05) is 6.92 Å². The molecular weight excluding hydrogens is 450 g/mol. The summed E-state index contributed by atoms with van der Waals surface area (Å²) in [5, 5.41) is 13.5. The number of hydrogen-bond donors (Lipinski definition) is 2. The van der Waals surface area contributed by atoms with Crippen LogP contribution in [0.25, 0.3) is 16.9 Å². The van der Waals surface area contributed by atoms with Crippen molar-refractivity contribution in [3.05, 3.63) is 40.1 Å². The SMILES string of the molecule is CCCc1nc(C)c2c(=O)[nH]c(-c3cc(S(=O)(=O)N(C)CC(=O)CO)ccc3OCC)nn12. The fourth-order valence-corrected chi connectivity index (χ4v) is 4.62. The van der Waals surface area contributed by atoms with Crippen LogP contribution in [0, 0.1) is 6.92 Å². The maximum Gasteiger partial charge on any atom is 0.277 e. The minimum atomic E-state index is -4.06. The number of nitrogens with zero attached hydrogens (tertiary/aromatic N) is 4. The van der Waals surface area contributed by atoms with Crippen molar-refractivity contribution in [2.75, 3.05) is 26.8 Å². The number of fused-ring (bicyclic) bond motifs is 1. The second-order valence-corrected chi connectivity index (χ2v) is 9.52. The number of sulfonamides is 1. The van der Waals surface area contributed by atoms with Gasteiger partial charge in [0.2, 0.25) is 10.0 Å². The first-order valence-corrected chi connectivity index (χ1v) is 11.9. The average Bonchev–Trinajstić information content (AvgIpc) is 3.09. The van der Waals surface area contributed by atoms with Crippen molar-refractivity contribution in [3.8, 4) is 17.1 Å². The Morgan fingerprint density at radius 2 is 2.03 bits per heavy atom. The molecule has 0 atom stereocenters. The van der Waals surface area contributed by atoms with Crippen molar-refractivity contribution in [2.24, 2.45) is 0 Å². The number of aliphatic hydroxyl groups is 1. The van der Waals surface area contributed by atoms with Gasteiger partial charge in [-0.2, -0.15) is 4.31 Å². The highest BCUT2D eigenvalue weighted by molar-refractivity contribution is 7.89. The van der Waals surface area contributed by atoms with Crippen LogP contribution >= 0.6 is 0 Å². The Labute approximate surface area is 191 Å². The number of nitrogens with one attached hydrogen (secondary N) is 1. The second kappa shape index (κ2) is 9.81. The number of aryl methyl sites for hydroxylation is 2. The predicted molar refractivity (Wildman–Crippen MR) is 121 cm³/mol. The Balaban J connectivity index is 2.19. The van der Waals surface area contributed by atoms with Gasteiger partial charge in [-0.05, 0) is 38.5 Å². The normalized spacial score (nSPS) is 11.9. The minimum Gasteiger partial charge on any atom is -0.493 e. The maximum absolute atomic E-state index is 13.0. The van der Waals surface area contributed by atoms with Crippen molar-refractivity contribution in [2.45, 2.75) is 38.5 Å². The summed E-state index contributed by atoms with van der Waals surface area (Å²) in [5.41, 5.74) is 0.739. The van der Waals surface area contributed by atoms with Gasteiger partial charge in [0.15, 0.2) is 17.1 Å². The van der Waals surface area contributed by atoms with Crippen molar-refractivity contribution in [1.82, 2.24) is 23.9 Å². The molecule has 0 unspecified atom stereocenters. The van der Waals surface area contributed by atoms with E-state index in [4.69, 9.17) is 9.84 Å². The highest BCUT2D eigenvalue weighted by atomic mass is 32.2. The summed E-state index contributed by atoms with van der Waals surface area (Å²) in [6, 6.07) is 4.17. The molecule has 0 spiro atoms. The van der Waals surface area contributed by atoms with E-state index in [9.17, 15) is 18.0 Å². The Morgan fingerprint density at radius 1 is 1.30 bits per heavy atom. The molecular formula is C21H27N5O6S. The molecule has 0 aliphatic heterocycles. The number of likely N-dealkylation sites (N-methyl/N-ethyl adjacent to an activating group) is 1. The van der Waals surface area contributed by atoms with Crippen LogP contribution in [0.5, 0.6) is 5.75 Å². The zero-order valence-electron chi connectivity index (χ0n) is 19.0. The van der Waals surface area contributed by atoms with E-state index in [0.29, 0.717) is 35.8 Å². The number of ketones is 1. The van der Waals surface area contributed by atoms with E-state index in [-0.39, 0.29) is 16.3 Å². The van der Waals surface area contributed by atoms with Gasteiger partial charge in [0.1, 0.15) is 18.2 Å². The third kappa shape index (κ3) is 4.82. The molecule has 2 N–H and O–H groups in total. The largest absolute Gasteiger partial charge is 0.493 e. The Hall–Kier alpha value is -3.09. The van der Waals surface area contributed by atoms with Crippen molar-refractivity contribution in [3.63, 3.8) is 0 Å². The molecule has 3 aromatic rings. The third-order valence-electron chi connectivity index (χ3n) is 5.01. The first-order chi connectivity index (χ1) is 15.6. The number of aromatic amines is 1. The van der Waals surface area contributed by atoms with Crippen molar-refractivity contribution in [1.29, 1.82) is 0 Å². The van der Waals surface area contributed by atoms with E-state index in [1.165, 1.54) is 29.8 Å².